The summed E-state index contributed by atoms with van der Waals surface area (Å²) in [7, 11) is 1.53. The molecule has 7 heteroatoms. The minimum Gasteiger partial charge on any atom is -0.480 e. The number of aromatic nitrogens is 3. The summed E-state index contributed by atoms with van der Waals surface area (Å²) in [6.45, 7) is 0.403. The van der Waals surface area contributed by atoms with Crippen LogP contribution in [0.3, 0.4) is 0 Å². The highest BCUT2D eigenvalue weighted by atomic mass is 35.5. The Balaban J connectivity index is 1.73. The number of amides is 1. The van der Waals surface area contributed by atoms with Crippen molar-refractivity contribution in [3.05, 3.63) is 58.9 Å². The molecule has 112 valence electrons. The maximum absolute atomic E-state index is 12.1. The largest absolute Gasteiger partial charge is 0.480 e. The third-order valence-corrected chi connectivity index (χ3v) is 3.36. The lowest BCUT2D eigenvalue weighted by molar-refractivity contribution is 0.0946. The number of hydrogen-bond acceptors (Lipinski definition) is 4. The molecule has 0 fully saturated rings. The second-order valence-corrected chi connectivity index (χ2v) is 5.05. The number of imidazole rings is 1. The van der Waals surface area contributed by atoms with Crippen LogP contribution in [-0.2, 0) is 6.54 Å². The number of benzene rings is 1. The molecule has 0 saturated heterocycles. The SMILES string of the molecule is COc1ccc2nc(C(=O)NCc3ccc(Cl)cc3)cn2n1. The van der Waals surface area contributed by atoms with Crippen molar-refractivity contribution in [3.63, 3.8) is 0 Å². The number of nitrogens with zero attached hydrogens (tertiary/aromatic N) is 3. The van der Waals surface area contributed by atoms with E-state index in [0.717, 1.165) is 5.56 Å². The lowest BCUT2D eigenvalue weighted by Gasteiger charge is -2.03. The van der Waals surface area contributed by atoms with Crippen LogP contribution in [0.4, 0.5) is 0 Å². The zero-order chi connectivity index (χ0) is 15.5. The number of rotatable bonds is 4. The fourth-order valence-corrected chi connectivity index (χ4v) is 2.08. The Morgan fingerprint density at radius 1 is 1.27 bits per heavy atom. The Morgan fingerprint density at radius 3 is 2.77 bits per heavy atom. The Hall–Kier alpha value is -2.60. The van der Waals surface area contributed by atoms with Crippen LogP contribution in [0, 0.1) is 0 Å². The average Bonchev–Trinajstić information content (AvgIpc) is 2.97. The van der Waals surface area contributed by atoms with E-state index in [1.807, 2.05) is 12.1 Å². The summed E-state index contributed by atoms with van der Waals surface area (Å²) in [6, 6.07) is 10.7. The Kier molecular flexibility index (Phi) is 3.93. The van der Waals surface area contributed by atoms with E-state index in [4.69, 9.17) is 16.3 Å². The van der Waals surface area contributed by atoms with E-state index < -0.39 is 0 Å². The monoisotopic (exact) mass is 316 g/mol. The van der Waals surface area contributed by atoms with Crippen LogP contribution in [0.1, 0.15) is 16.1 Å². The normalized spacial score (nSPS) is 10.6. The highest BCUT2D eigenvalue weighted by Crippen LogP contribution is 2.11. The van der Waals surface area contributed by atoms with Gasteiger partial charge in [0.2, 0.25) is 5.88 Å². The summed E-state index contributed by atoms with van der Waals surface area (Å²) in [5.74, 6) is 0.192. The number of nitrogens with one attached hydrogen (secondary N) is 1. The quantitative estimate of drug-likeness (QED) is 0.802. The number of hydrogen-bond donors (Lipinski definition) is 1. The van der Waals surface area contributed by atoms with Crippen molar-refractivity contribution in [3.8, 4) is 5.88 Å². The molecule has 0 saturated carbocycles. The van der Waals surface area contributed by atoms with Crippen molar-refractivity contribution in [2.75, 3.05) is 7.11 Å². The van der Waals surface area contributed by atoms with Crippen LogP contribution in [-0.4, -0.2) is 27.6 Å². The molecule has 2 heterocycles. The molecule has 1 aromatic carbocycles. The third kappa shape index (κ3) is 3.01. The van der Waals surface area contributed by atoms with Gasteiger partial charge in [-0.15, -0.1) is 5.10 Å². The molecular formula is C15H13ClN4O2. The van der Waals surface area contributed by atoms with Crippen LogP contribution in [0.2, 0.25) is 5.02 Å². The molecular weight excluding hydrogens is 304 g/mol. The fourth-order valence-electron chi connectivity index (χ4n) is 1.96. The first-order valence-electron chi connectivity index (χ1n) is 6.59. The molecule has 3 rings (SSSR count). The van der Waals surface area contributed by atoms with Gasteiger partial charge in [-0.25, -0.2) is 9.50 Å². The second kappa shape index (κ2) is 6.03. The first-order valence-corrected chi connectivity index (χ1v) is 6.96. The molecule has 0 aliphatic rings. The minimum atomic E-state index is -0.264. The zero-order valence-electron chi connectivity index (χ0n) is 11.8. The van der Waals surface area contributed by atoms with E-state index >= 15 is 0 Å². The third-order valence-electron chi connectivity index (χ3n) is 3.10. The van der Waals surface area contributed by atoms with Crippen molar-refractivity contribution in [1.29, 1.82) is 0 Å². The molecule has 0 bridgehead atoms. The molecule has 1 amide bonds. The fraction of sp³-hybridized carbons (Fsp3) is 0.133. The van der Waals surface area contributed by atoms with E-state index in [2.05, 4.69) is 15.4 Å². The maximum atomic E-state index is 12.1. The number of fused-ring (bicyclic) bond motifs is 1. The standard InChI is InChI=1S/C15H13ClN4O2/c1-22-14-7-6-13-18-12(9-20(13)19-14)15(21)17-8-10-2-4-11(16)5-3-10/h2-7,9H,8H2,1H3,(H,17,21). The molecule has 0 spiro atoms. The van der Waals surface area contributed by atoms with Crippen molar-refractivity contribution >= 4 is 23.2 Å². The predicted molar refractivity (Wildman–Crippen MR) is 82.2 cm³/mol. The smallest absolute Gasteiger partial charge is 0.271 e. The summed E-state index contributed by atoms with van der Waals surface area (Å²) in [5.41, 5.74) is 1.84. The molecule has 0 atom stereocenters. The van der Waals surface area contributed by atoms with Gasteiger partial charge in [-0.2, -0.15) is 0 Å². The maximum Gasteiger partial charge on any atom is 0.271 e. The average molecular weight is 317 g/mol. The Bertz CT molecular complexity index is 814. The van der Waals surface area contributed by atoms with Crippen molar-refractivity contribution in [1.82, 2.24) is 19.9 Å². The first kappa shape index (κ1) is 14.3. The van der Waals surface area contributed by atoms with Crippen molar-refractivity contribution < 1.29 is 9.53 Å². The molecule has 3 aromatic rings. The number of methoxy groups -OCH3 is 1. The van der Waals surface area contributed by atoms with Crippen LogP contribution < -0.4 is 10.1 Å². The summed E-state index contributed by atoms with van der Waals surface area (Å²) in [5, 5.41) is 7.63. The van der Waals surface area contributed by atoms with E-state index in [1.165, 1.54) is 11.6 Å². The van der Waals surface area contributed by atoms with E-state index in [-0.39, 0.29) is 5.91 Å². The molecule has 22 heavy (non-hydrogen) atoms. The van der Waals surface area contributed by atoms with Gasteiger partial charge in [-0.3, -0.25) is 4.79 Å². The van der Waals surface area contributed by atoms with Gasteiger partial charge in [0.1, 0.15) is 5.69 Å². The summed E-state index contributed by atoms with van der Waals surface area (Å²) in [4.78, 5) is 16.4. The number of halogens is 1. The Labute approximate surface area is 131 Å². The van der Waals surface area contributed by atoms with Crippen LogP contribution >= 0.6 is 11.6 Å². The summed E-state index contributed by atoms with van der Waals surface area (Å²) in [6.07, 6.45) is 1.56. The molecule has 6 nitrogen and oxygen atoms in total. The zero-order valence-corrected chi connectivity index (χ0v) is 12.5. The van der Waals surface area contributed by atoms with Gasteiger partial charge >= 0.3 is 0 Å². The predicted octanol–water partition coefficient (Wildman–Crippen LogP) is 2.32. The molecule has 0 aliphatic heterocycles. The number of carbonyl (C=O) groups is 1. The molecule has 0 aliphatic carbocycles. The first-order chi connectivity index (χ1) is 10.7. The van der Waals surface area contributed by atoms with Gasteiger partial charge in [0.05, 0.1) is 13.3 Å². The van der Waals surface area contributed by atoms with Gasteiger partial charge in [-0.1, -0.05) is 23.7 Å². The van der Waals surface area contributed by atoms with Gasteiger partial charge in [0, 0.05) is 17.6 Å². The molecule has 0 radical (unpaired) electrons. The highest BCUT2D eigenvalue weighted by molar-refractivity contribution is 6.30. The molecule has 0 unspecified atom stereocenters. The van der Waals surface area contributed by atoms with Crippen LogP contribution in [0.15, 0.2) is 42.6 Å². The van der Waals surface area contributed by atoms with Gasteiger partial charge in [0.25, 0.3) is 5.91 Å². The summed E-state index contributed by atoms with van der Waals surface area (Å²) < 4.78 is 6.55. The highest BCUT2D eigenvalue weighted by Gasteiger charge is 2.11. The van der Waals surface area contributed by atoms with Crippen LogP contribution in [0.5, 0.6) is 5.88 Å². The Morgan fingerprint density at radius 2 is 2.05 bits per heavy atom. The summed E-state index contributed by atoms with van der Waals surface area (Å²) >= 11 is 5.82. The molecule has 2 aromatic heterocycles. The van der Waals surface area contributed by atoms with E-state index in [0.29, 0.717) is 28.8 Å². The van der Waals surface area contributed by atoms with Gasteiger partial charge < -0.3 is 10.1 Å². The lowest BCUT2D eigenvalue weighted by Crippen LogP contribution is -2.23. The number of ether oxygens (including phenoxy) is 1. The lowest BCUT2D eigenvalue weighted by atomic mass is 10.2. The van der Waals surface area contributed by atoms with E-state index in [9.17, 15) is 4.79 Å². The molecule has 1 N–H and O–H groups in total. The van der Waals surface area contributed by atoms with Crippen molar-refractivity contribution in [2.45, 2.75) is 6.54 Å². The van der Waals surface area contributed by atoms with Gasteiger partial charge in [0.15, 0.2) is 5.65 Å². The minimum absolute atomic E-state index is 0.264. The van der Waals surface area contributed by atoms with Gasteiger partial charge in [-0.05, 0) is 23.8 Å². The van der Waals surface area contributed by atoms with E-state index in [1.54, 1.807) is 30.5 Å². The van der Waals surface area contributed by atoms with Crippen LogP contribution in [0.25, 0.3) is 5.65 Å². The van der Waals surface area contributed by atoms with Crippen molar-refractivity contribution in [2.24, 2.45) is 0 Å². The number of carbonyl (C=O) groups excluding carboxylic acids is 1. The second-order valence-electron chi connectivity index (χ2n) is 4.61. The topological polar surface area (TPSA) is 68.5 Å².